The Balaban J connectivity index is 2.60. The van der Waals surface area contributed by atoms with Crippen molar-refractivity contribution in [2.75, 3.05) is 18.5 Å². The van der Waals surface area contributed by atoms with E-state index in [2.05, 4.69) is 18.9 Å². The topological polar surface area (TPSA) is 58.4 Å². The third-order valence-corrected chi connectivity index (χ3v) is 3.25. The monoisotopic (exact) mass is 287 g/mol. The van der Waals surface area contributed by atoms with E-state index in [0.29, 0.717) is 17.4 Å². The Morgan fingerprint density at radius 3 is 2.48 bits per heavy atom. The standard InChI is InChI=1S/C16H21N3O2/c1-11(2)10-18(4)15-14(16(20)21)12(3)17-19(15)13-8-6-5-7-9-13/h5-9,11H,10H2,1-4H3,(H,20,21). The minimum absolute atomic E-state index is 0.266. The minimum Gasteiger partial charge on any atom is -0.477 e. The van der Waals surface area contributed by atoms with Gasteiger partial charge in [-0.15, -0.1) is 0 Å². The van der Waals surface area contributed by atoms with E-state index in [1.54, 1.807) is 11.6 Å². The highest BCUT2D eigenvalue weighted by Gasteiger charge is 2.24. The first-order valence-electron chi connectivity index (χ1n) is 7.01. The number of aryl methyl sites for hydroxylation is 1. The Morgan fingerprint density at radius 1 is 1.33 bits per heavy atom. The van der Waals surface area contributed by atoms with Crippen LogP contribution in [0.1, 0.15) is 29.9 Å². The van der Waals surface area contributed by atoms with Crippen molar-refractivity contribution in [1.29, 1.82) is 0 Å². The zero-order chi connectivity index (χ0) is 15.6. The Hall–Kier alpha value is -2.30. The summed E-state index contributed by atoms with van der Waals surface area (Å²) in [6.45, 7) is 6.70. The summed E-state index contributed by atoms with van der Waals surface area (Å²) < 4.78 is 1.71. The van der Waals surface area contributed by atoms with Crippen LogP contribution in [0.5, 0.6) is 0 Å². The van der Waals surface area contributed by atoms with Crippen molar-refractivity contribution in [3.05, 3.63) is 41.6 Å². The summed E-state index contributed by atoms with van der Waals surface area (Å²) in [6.07, 6.45) is 0. The van der Waals surface area contributed by atoms with Gasteiger partial charge in [0.05, 0.1) is 11.4 Å². The average Bonchev–Trinajstić information content (AvgIpc) is 2.76. The van der Waals surface area contributed by atoms with E-state index in [9.17, 15) is 9.90 Å². The molecule has 0 aliphatic heterocycles. The average molecular weight is 287 g/mol. The lowest BCUT2D eigenvalue weighted by Crippen LogP contribution is -2.26. The molecule has 2 rings (SSSR count). The van der Waals surface area contributed by atoms with Crippen LogP contribution in [-0.2, 0) is 0 Å². The number of anilines is 1. The summed E-state index contributed by atoms with van der Waals surface area (Å²) in [5, 5.41) is 13.9. The van der Waals surface area contributed by atoms with Crippen molar-refractivity contribution in [3.63, 3.8) is 0 Å². The lowest BCUT2D eigenvalue weighted by atomic mass is 10.2. The first-order valence-corrected chi connectivity index (χ1v) is 7.01. The highest BCUT2D eigenvalue weighted by atomic mass is 16.4. The molecule has 0 aliphatic rings. The number of aromatic nitrogens is 2. The molecule has 0 amide bonds. The van der Waals surface area contributed by atoms with Gasteiger partial charge < -0.3 is 10.0 Å². The fraction of sp³-hybridized carbons (Fsp3) is 0.375. The van der Waals surface area contributed by atoms with Gasteiger partial charge in [-0.3, -0.25) is 0 Å². The molecule has 21 heavy (non-hydrogen) atoms. The Kier molecular flexibility index (Phi) is 4.31. The highest BCUT2D eigenvalue weighted by Crippen LogP contribution is 2.27. The van der Waals surface area contributed by atoms with E-state index in [0.717, 1.165) is 12.2 Å². The van der Waals surface area contributed by atoms with Gasteiger partial charge in [0, 0.05) is 13.6 Å². The lowest BCUT2D eigenvalue weighted by Gasteiger charge is -2.23. The van der Waals surface area contributed by atoms with Crippen LogP contribution in [0.3, 0.4) is 0 Å². The number of para-hydroxylation sites is 1. The molecule has 1 aromatic carbocycles. The van der Waals surface area contributed by atoms with Gasteiger partial charge in [0.25, 0.3) is 0 Å². The smallest absolute Gasteiger partial charge is 0.341 e. The largest absolute Gasteiger partial charge is 0.477 e. The highest BCUT2D eigenvalue weighted by molar-refractivity contribution is 5.95. The molecule has 5 nitrogen and oxygen atoms in total. The summed E-state index contributed by atoms with van der Waals surface area (Å²) in [7, 11) is 1.91. The van der Waals surface area contributed by atoms with Crippen molar-refractivity contribution in [3.8, 4) is 5.69 Å². The molecule has 0 aliphatic carbocycles. The summed E-state index contributed by atoms with van der Waals surface area (Å²) in [4.78, 5) is 13.6. The van der Waals surface area contributed by atoms with Gasteiger partial charge in [0.15, 0.2) is 0 Å². The van der Waals surface area contributed by atoms with Gasteiger partial charge in [-0.2, -0.15) is 5.10 Å². The molecule has 1 heterocycles. The van der Waals surface area contributed by atoms with Crippen molar-refractivity contribution in [1.82, 2.24) is 9.78 Å². The fourth-order valence-corrected chi connectivity index (χ4v) is 2.50. The van der Waals surface area contributed by atoms with E-state index < -0.39 is 5.97 Å². The van der Waals surface area contributed by atoms with Crippen LogP contribution in [0.2, 0.25) is 0 Å². The Labute approximate surface area is 124 Å². The van der Waals surface area contributed by atoms with Gasteiger partial charge in [0.1, 0.15) is 11.4 Å². The van der Waals surface area contributed by atoms with E-state index in [1.807, 2.05) is 42.3 Å². The number of aromatic carboxylic acids is 1. The maximum absolute atomic E-state index is 11.6. The molecule has 5 heteroatoms. The minimum atomic E-state index is -0.944. The molecule has 1 N–H and O–H groups in total. The van der Waals surface area contributed by atoms with Gasteiger partial charge in [-0.05, 0) is 25.0 Å². The van der Waals surface area contributed by atoms with Crippen molar-refractivity contribution in [2.45, 2.75) is 20.8 Å². The molecule has 0 atom stereocenters. The number of hydrogen-bond acceptors (Lipinski definition) is 3. The summed E-state index contributed by atoms with van der Waals surface area (Å²) in [5.41, 5.74) is 1.65. The van der Waals surface area contributed by atoms with Gasteiger partial charge >= 0.3 is 5.97 Å². The van der Waals surface area contributed by atoms with Crippen LogP contribution in [0.15, 0.2) is 30.3 Å². The molecule has 0 spiro atoms. The third kappa shape index (κ3) is 3.07. The predicted molar refractivity (Wildman–Crippen MR) is 83.4 cm³/mol. The molecule has 0 fully saturated rings. The second-order valence-electron chi connectivity index (χ2n) is 5.61. The zero-order valence-corrected chi connectivity index (χ0v) is 12.9. The van der Waals surface area contributed by atoms with Crippen LogP contribution in [0, 0.1) is 12.8 Å². The SMILES string of the molecule is Cc1nn(-c2ccccc2)c(N(C)CC(C)C)c1C(=O)O. The third-order valence-electron chi connectivity index (χ3n) is 3.25. The maximum atomic E-state index is 11.6. The molecule has 0 saturated heterocycles. The van der Waals surface area contributed by atoms with E-state index in [4.69, 9.17) is 0 Å². The Bertz CT molecular complexity index is 632. The van der Waals surface area contributed by atoms with E-state index in [1.165, 1.54) is 0 Å². The zero-order valence-electron chi connectivity index (χ0n) is 12.9. The summed E-state index contributed by atoms with van der Waals surface area (Å²) in [5.74, 6) is 0.108. The molecule has 0 saturated carbocycles. The van der Waals surface area contributed by atoms with Gasteiger partial charge in [0.2, 0.25) is 0 Å². The number of carboxylic acid groups (broad SMARTS) is 1. The number of hydrogen-bond donors (Lipinski definition) is 1. The summed E-state index contributed by atoms with van der Waals surface area (Å²) >= 11 is 0. The van der Waals surface area contributed by atoms with Crippen LogP contribution in [0.25, 0.3) is 5.69 Å². The Morgan fingerprint density at radius 2 is 1.95 bits per heavy atom. The normalized spacial score (nSPS) is 10.9. The van der Waals surface area contributed by atoms with Gasteiger partial charge in [-0.25, -0.2) is 9.48 Å². The first-order chi connectivity index (χ1) is 9.91. The van der Waals surface area contributed by atoms with Crippen LogP contribution < -0.4 is 4.90 Å². The van der Waals surface area contributed by atoms with E-state index >= 15 is 0 Å². The quantitative estimate of drug-likeness (QED) is 0.918. The maximum Gasteiger partial charge on any atom is 0.341 e. The van der Waals surface area contributed by atoms with Crippen LogP contribution >= 0.6 is 0 Å². The predicted octanol–water partition coefficient (Wildman–Crippen LogP) is 2.97. The molecular formula is C16H21N3O2. The van der Waals surface area contributed by atoms with Crippen LogP contribution in [0.4, 0.5) is 5.82 Å². The second-order valence-corrected chi connectivity index (χ2v) is 5.61. The van der Waals surface area contributed by atoms with Crippen molar-refractivity contribution in [2.24, 2.45) is 5.92 Å². The van der Waals surface area contributed by atoms with Crippen molar-refractivity contribution >= 4 is 11.8 Å². The van der Waals surface area contributed by atoms with Gasteiger partial charge in [-0.1, -0.05) is 32.0 Å². The molecule has 0 unspecified atom stereocenters. The molecule has 2 aromatic rings. The number of rotatable bonds is 5. The second kappa shape index (κ2) is 5.99. The first kappa shape index (κ1) is 15.1. The molecule has 0 radical (unpaired) electrons. The molecule has 1 aromatic heterocycles. The molecule has 112 valence electrons. The lowest BCUT2D eigenvalue weighted by molar-refractivity contribution is 0.0697. The summed E-state index contributed by atoms with van der Waals surface area (Å²) in [6, 6.07) is 9.60. The van der Waals surface area contributed by atoms with E-state index in [-0.39, 0.29) is 5.56 Å². The van der Waals surface area contributed by atoms with Crippen molar-refractivity contribution < 1.29 is 9.90 Å². The number of carboxylic acids is 1. The molecular weight excluding hydrogens is 266 g/mol. The molecule has 0 bridgehead atoms. The number of carbonyl (C=O) groups is 1. The number of benzene rings is 1. The number of nitrogens with zero attached hydrogens (tertiary/aromatic N) is 3. The fourth-order valence-electron chi connectivity index (χ4n) is 2.50. The van der Waals surface area contributed by atoms with Crippen LogP contribution in [-0.4, -0.2) is 34.4 Å².